The Morgan fingerprint density at radius 1 is 0.967 bits per heavy atom. The van der Waals surface area contributed by atoms with Gasteiger partial charge in [-0.1, -0.05) is 62.4 Å². The summed E-state index contributed by atoms with van der Waals surface area (Å²) in [5.74, 6) is 0.337. The second kappa shape index (κ2) is 9.03. The van der Waals surface area contributed by atoms with Crippen molar-refractivity contribution in [1.82, 2.24) is 9.80 Å². The molecule has 2 amide bonds. The molecule has 4 nitrogen and oxygen atoms in total. The third-order valence-electron chi connectivity index (χ3n) is 6.37. The molecule has 0 unspecified atom stereocenters. The summed E-state index contributed by atoms with van der Waals surface area (Å²) in [5.41, 5.74) is 4.37. The van der Waals surface area contributed by atoms with E-state index in [4.69, 9.17) is 0 Å². The second-order valence-corrected chi connectivity index (χ2v) is 9.11. The molecule has 0 spiro atoms. The average Bonchev–Trinajstić information content (AvgIpc) is 2.74. The Morgan fingerprint density at radius 3 is 2.10 bits per heavy atom. The Labute approximate surface area is 180 Å². The van der Waals surface area contributed by atoms with Crippen LogP contribution in [0.1, 0.15) is 37.8 Å². The number of amides is 2. The van der Waals surface area contributed by atoms with Gasteiger partial charge in [0.25, 0.3) is 0 Å². The molecule has 0 atom stereocenters. The molecule has 1 aliphatic heterocycles. The number of carbonyl (C=O) groups excluding carboxylic acids is 2. The van der Waals surface area contributed by atoms with E-state index in [0.717, 1.165) is 0 Å². The van der Waals surface area contributed by atoms with E-state index < -0.39 is 5.41 Å². The van der Waals surface area contributed by atoms with Crippen LogP contribution in [0.2, 0.25) is 0 Å². The van der Waals surface area contributed by atoms with Crippen LogP contribution in [-0.2, 0) is 16.0 Å². The van der Waals surface area contributed by atoms with E-state index in [1.165, 1.54) is 22.3 Å². The van der Waals surface area contributed by atoms with Gasteiger partial charge in [0.15, 0.2) is 0 Å². The van der Waals surface area contributed by atoms with Gasteiger partial charge in [0.1, 0.15) is 0 Å². The maximum atomic E-state index is 13.4. The minimum Gasteiger partial charge on any atom is -0.348 e. The van der Waals surface area contributed by atoms with Crippen molar-refractivity contribution in [3.8, 4) is 11.1 Å². The lowest BCUT2D eigenvalue weighted by Crippen LogP contribution is -2.51. The summed E-state index contributed by atoms with van der Waals surface area (Å²) in [6.45, 7) is 7.29. The molecule has 160 valence electrons. The highest BCUT2D eigenvalue weighted by atomic mass is 16.2. The third kappa shape index (κ3) is 4.43. The minimum atomic E-state index is -0.476. The maximum Gasteiger partial charge on any atom is 0.228 e. The van der Waals surface area contributed by atoms with Crippen molar-refractivity contribution in [3.05, 3.63) is 59.7 Å². The minimum absolute atomic E-state index is 0.0103. The lowest BCUT2D eigenvalue weighted by molar-refractivity contribution is -0.147. The smallest absolute Gasteiger partial charge is 0.228 e. The van der Waals surface area contributed by atoms with Crippen molar-refractivity contribution < 1.29 is 9.59 Å². The van der Waals surface area contributed by atoms with Gasteiger partial charge in [-0.3, -0.25) is 9.59 Å². The van der Waals surface area contributed by atoms with Crippen LogP contribution >= 0.6 is 0 Å². The van der Waals surface area contributed by atoms with E-state index >= 15 is 0 Å². The van der Waals surface area contributed by atoms with Gasteiger partial charge in [-0.15, -0.1) is 0 Å². The highest BCUT2D eigenvalue weighted by molar-refractivity contribution is 5.84. The molecule has 0 aliphatic carbocycles. The highest BCUT2D eigenvalue weighted by Gasteiger charge is 2.43. The van der Waals surface area contributed by atoms with Gasteiger partial charge in [0.2, 0.25) is 11.8 Å². The van der Waals surface area contributed by atoms with Gasteiger partial charge in [-0.25, -0.2) is 0 Å². The van der Waals surface area contributed by atoms with E-state index in [-0.39, 0.29) is 17.7 Å². The first kappa shape index (κ1) is 22.1. The normalized spacial score (nSPS) is 15.9. The zero-order chi connectivity index (χ0) is 21.9. The fourth-order valence-corrected chi connectivity index (χ4v) is 4.64. The molecule has 0 saturated carbocycles. The standard InChI is InChI=1S/C26H34N2O2/c1-19(2)24(29)28-16-14-26(15-17-28,25(30)27(4)5)18-21-11-7-9-13-23(21)22-12-8-6-10-20(22)3/h6-13,19H,14-18H2,1-5H3. The monoisotopic (exact) mass is 406 g/mol. The van der Waals surface area contributed by atoms with Crippen molar-refractivity contribution in [3.63, 3.8) is 0 Å². The Balaban J connectivity index is 1.94. The van der Waals surface area contributed by atoms with Crippen LogP contribution in [0.25, 0.3) is 11.1 Å². The van der Waals surface area contributed by atoms with Gasteiger partial charge >= 0.3 is 0 Å². The first-order chi connectivity index (χ1) is 14.2. The Hall–Kier alpha value is -2.62. The molecule has 4 heteroatoms. The number of rotatable bonds is 5. The molecule has 30 heavy (non-hydrogen) atoms. The van der Waals surface area contributed by atoms with E-state index in [1.54, 1.807) is 4.90 Å². The predicted octanol–water partition coefficient (Wildman–Crippen LogP) is 4.56. The SMILES string of the molecule is Cc1ccccc1-c1ccccc1CC1(C(=O)N(C)C)CCN(C(=O)C(C)C)CC1. The number of benzene rings is 2. The molecular weight excluding hydrogens is 372 g/mol. The average molecular weight is 407 g/mol. The first-order valence-electron chi connectivity index (χ1n) is 10.9. The van der Waals surface area contributed by atoms with Crippen LogP contribution in [0.15, 0.2) is 48.5 Å². The molecule has 1 saturated heterocycles. The first-order valence-corrected chi connectivity index (χ1v) is 10.9. The second-order valence-electron chi connectivity index (χ2n) is 9.11. The Bertz CT molecular complexity index is 909. The summed E-state index contributed by atoms with van der Waals surface area (Å²) in [4.78, 5) is 29.5. The fraction of sp³-hybridized carbons (Fsp3) is 0.462. The largest absolute Gasteiger partial charge is 0.348 e. The van der Waals surface area contributed by atoms with Crippen molar-refractivity contribution in [2.24, 2.45) is 11.3 Å². The maximum absolute atomic E-state index is 13.4. The number of piperidine rings is 1. The number of aryl methyl sites for hydroxylation is 1. The molecule has 3 rings (SSSR count). The summed E-state index contributed by atoms with van der Waals surface area (Å²) in [7, 11) is 3.67. The molecule has 2 aromatic rings. The quantitative estimate of drug-likeness (QED) is 0.730. The summed E-state index contributed by atoms with van der Waals surface area (Å²) in [5, 5.41) is 0. The van der Waals surface area contributed by atoms with Crippen LogP contribution in [0, 0.1) is 18.3 Å². The Kier molecular flexibility index (Phi) is 6.64. The fourth-order valence-electron chi connectivity index (χ4n) is 4.64. The number of carbonyl (C=O) groups is 2. The Morgan fingerprint density at radius 2 is 1.53 bits per heavy atom. The van der Waals surface area contributed by atoms with Gasteiger partial charge in [0, 0.05) is 33.1 Å². The molecule has 1 aliphatic rings. The number of hydrogen-bond acceptors (Lipinski definition) is 2. The zero-order valence-corrected chi connectivity index (χ0v) is 18.9. The van der Waals surface area contributed by atoms with Gasteiger partial charge < -0.3 is 9.80 Å². The molecule has 0 radical (unpaired) electrons. The third-order valence-corrected chi connectivity index (χ3v) is 6.37. The molecule has 0 aromatic heterocycles. The van der Waals surface area contributed by atoms with E-state index in [9.17, 15) is 9.59 Å². The van der Waals surface area contributed by atoms with Crippen molar-refractivity contribution >= 4 is 11.8 Å². The number of hydrogen-bond donors (Lipinski definition) is 0. The lowest BCUT2D eigenvalue weighted by atomic mass is 9.71. The van der Waals surface area contributed by atoms with Crippen LogP contribution < -0.4 is 0 Å². The van der Waals surface area contributed by atoms with E-state index in [0.29, 0.717) is 32.4 Å². The summed E-state index contributed by atoms with van der Waals surface area (Å²) in [6, 6.07) is 16.8. The summed E-state index contributed by atoms with van der Waals surface area (Å²) in [6.07, 6.45) is 2.09. The number of nitrogens with zero attached hydrogens (tertiary/aromatic N) is 2. The topological polar surface area (TPSA) is 40.6 Å². The molecular formula is C26H34N2O2. The molecule has 0 bridgehead atoms. The van der Waals surface area contributed by atoms with Crippen LogP contribution in [0.3, 0.4) is 0 Å². The van der Waals surface area contributed by atoms with Gasteiger partial charge in [0.05, 0.1) is 5.41 Å². The van der Waals surface area contributed by atoms with Crippen molar-refractivity contribution in [2.75, 3.05) is 27.2 Å². The molecule has 1 heterocycles. The van der Waals surface area contributed by atoms with Crippen LogP contribution in [0.4, 0.5) is 0 Å². The number of likely N-dealkylation sites (tertiary alicyclic amines) is 1. The summed E-state index contributed by atoms with van der Waals surface area (Å²) >= 11 is 0. The molecule has 2 aromatic carbocycles. The zero-order valence-electron chi connectivity index (χ0n) is 18.9. The van der Waals surface area contributed by atoms with Crippen molar-refractivity contribution in [2.45, 2.75) is 40.0 Å². The van der Waals surface area contributed by atoms with Crippen LogP contribution in [0.5, 0.6) is 0 Å². The molecule has 1 fully saturated rings. The van der Waals surface area contributed by atoms with E-state index in [1.807, 2.05) is 32.8 Å². The van der Waals surface area contributed by atoms with Gasteiger partial charge in [-0.05, 0) is 48.4 Å². The predicted molar refractivity (Wildman–Crippen MR) is 122 cm³/mol. The van der Waals surface area contributed by atoms with Crippen molar-refractivity contribution in [1.29, 1.82) is 0 Å². The lowest BCUT2D eigenvalue weighted by Gasteiger charge is -2.43. The summed E-state index contributed by atoms with van der Waals surface area (Å²) < 4.78 is 0. The molecule has 0 N–H and O–H groups in total. The van der Waals surface area contributed by atoms with Gasteiger partial charge in [-0.2, -0.15) is 0 Å². The highest BCUT2D eigenvalue weighted by Crippen LogP contribution is 2.40. The van der Waals surface area contributed by atoms with Crippen LogP contribution in [-0.4, -0.2) is 48.8 Å². The van der Waals surface area contributed by atoms with E-state index in [2.05, 4.69) is 55.5 Å².